The molecule has 0 N–H and O–H groups in total. The van der Waals surface area contributed by atoms with Crippen molar-refractivity contribution in [1.29, 1.82) is 0 Å². The first kappa shape index (κ1) is 15.0. The van der Waals surface area contributed by atoms with Crippen LogP contribution in [-0.4, -0.2) is 18.9 Å². The monoisotopic (exact) mass is 277 g/mol. The number of ketones is 1. The second-order valence-corrected chi connectivity index (χ2v) is 6.36. The molecule has 1 fully saturated rings. The Balaban J connectivity index is 2.12. The van der Waals surface area contributed by atoms with E-state index < -0.39 is 0 Å². The van der Waals surface area contributed by atoms with Gasteiger partial charge in [-0.2, -0.15) is 0 Å². The van der Waals surface area contributed by atoms with Crippen molar-refractivity contribution in [1.82, 2.24) is 0 Å². The van der Waals surface area contributed by atoms with Crippen LogP contribution in [0, 0.1) is 17.2 Å². The van der Waals surface area contributed by atoms with E-state index in [0.717, 1.165) is 31.5 Å². The molecule has 0 radical (unpaired) electrons. The molecule has 2 nitrogen and oxygen atoms in total. The zero-order valence-corrected chi connectivity index (χ0v) is 12.7. The Labute approximate surface area is 121 Å². The van der Waals surface area contributed by atoms with E-state index in [1.54, 1.807) is 12.1 Å². The molecular formula is C17H24FNO. The summed E-state index contributed by atoms with van der Waals surface area (Å²) in [4.78, 5) is 14.6. The molecule has 1 aliphatic rings. The smallest absolute Gasteiger partial charge is 0.143 e. The lowest BCUT2D eigenvalue weighted by Gasteiger charge is -2.36. The first-order chi connectivity index (χ1) is 9.44. The molecule has 110 valence electrons. The van der Waals surface area contributed by atoms with Gasteiger partial charge in [0, 0.05) is 30.1 Å². The number of nitrogens with zero attached hydrogens (tertiary/aromatic N) is 1. The Kier molecular flexibility index (Phi) is 4.46. The van der Waals surface area contributed by atoms with Crippen LogP contribution in [0.15, 0.2) is 24.3 Å². The largest absolute Gasteiger partial charge is 0.371 e. The molecule has 1 aromatic carbocycles. The van der Waals surface area contributed by atoms with E-state index in [2.05, 4.69) is 4.90 Å². The predicted molar refractivity (Wildman–Crippen MR) is 80.4 cm³/mol. The standard InChI is InChI=1S/C17H24FNO/c1-4-19(15-9-5-8-14(18)11-15)12-13-7-6-10-17(2,3)16(13)20/h5,8-9,11,13H,4,6-7,10,12H2,1-3H3. The highest BCUT2D eigenvalue weighted by Gasteiger charge is 2.37. The Morgan fingerprint density at radius 3 is 2.80 bits per heavy atom. The number of carbonyl (C=O) groups is 1. The Bertz CT molecular complexity index is 484. The number of Topliss-reactive ketones (excluding diaryl/α,β-unsaturated/α-hetero) is 1. The Hall–Kier alpha value is -1.38. The maximum Gasteiger partial charge on any atom is 0.143 e. The van der Waals surface area contributed by atoms with Crippen molar-refractivity contribution < 1.29 is 9.18 Å². The topological polar surface area (TPSA) is 20.3 Å². The highest BCUT2D eigenvalue weighted by molar-refractivity contribution is 5.87. The molecule has 0 spiro atoms. The number of anilines is 1. The van der Waals surface area contributed by atoms with Crippen molar-refractivity contribution >= 4 is 11.5 Å². The molecule has 0 aromatic heterocycles. The third-order valence-electron chi connectivity index (χ3n) is 4.39. The molecule has 1 unspecified atom stereocenters. The van der Waals surface area contributed by atoms with Crippen molar-refractivity contribution in [3.8, 4) is 0 Å². The molecule has 20 heavy (non-hydrogen) atoms. The van der Waals surface area contributed by atoms with Gasteiger partial charge in [-0.3, -0.25) is 4.79 Å². The van der Waals surface area contributed by atoms with E-state index >= 15 is 0 Å². The number of hydrogen-bond acceptors (Lipinski definition) is 2. The number of rotatable bonds is 4. The fraction of sp³-hybridized carbons (Fsp3) is 0.588. The van der Waals surface area contributed by atoms with Crippen LogP contribution in [0.2, 0.25) is 0 Å². The molecule has 0 amide bonds. The van der Waals surface area contributed by atoms with E-state index in [1.807, 2.05) is 26.8 Å². The number of hydrogen-bond donors (Lipinski definition) is 0. The van der Waals surface area contributed by atoms with Crippen LogP contribution in [0.5, 0.6) is 0 Å². The van der Waals surface area contributed by atoms with Gasteiger partial charge in [0.15, 0.2) is 0 Å². The number of benzene rings is 1. The van der Waals surface area contributed by atoms with Gasteiger partial charge >= 0.3 is 0 Å². The molecule has 3 heteroatoms. The maximum atomic E-state index is 13.3. The van der Waals surface area contributed by atoms with Crippen molar-refractivity contribution in [3.63, 3.8) is 0 Å². The third kappa shape index (κ3) is 3.20. The lowest BCUT2D eigenvalue weighted by Crippen LogP contribution is -2.41. The molecule has 0 heterocycles. The van der Waals surface area contributed by atoms with Gasteiger partial charge in [0.25, 0.3) is 0 Å². The van der Waals surface area contributed by atoms with E-state index in [4.69, 9.17) is 0 Å². The fourth-order valence-electron chi connectivity index (χ4n) is 3.13. The summed E-state index contributed by atoms with van der Waals surface area (Å²) in [5, 5.41) is 0. The predicted octanol–water partition coefficient (Wildman–Crippen LogP) is 4.05. The maximum absolute atomic E-state index is 13.3. The first-order valence-electron chi connectivity index (χ1n) is 7.49. The molecule has 0 bridgehead atoms. The van der Waals surface area contributed by atoms with Crippen LogP contribution in [0.4, 0.5) is 10.1 Å². The average molecular weight is 277 g/mol. The van der Waals surface area contributed by atoms with Crippen molar-refractivity contribution in [2.24, 2.45) is 11.3 Å². The van der Waals surface area contributed by atoms with Crippen LogP contribution in [0.25, 0.3) is 0 Å². The molecular weight excluding hydrogens is 253 g/mol. The van der Waals surface area contributed by atoms with E-state index in [1.165, 1.54) is 6.07 Å². The second kappa shape index (κ2) is 5.94. The van der Waals surface area contributed by atoms with Gasteiger partial charge in [0.2, 0.25) is 0 Å². The summed E-state index contributed by atoms with van der Waals surface area (Å²) >= 11 is 0. The second-order valence-electron chi connectivity index (χ2n) is 6.36. The summed E-state index contributed by atoms with van der Waals surface area (Å²) in [6.45, 7) is 7.61. The quantitative estimate of drug-likeness (QED) is 0.827. The summed E-state index contributed by atoms with van der Waals surface area (Å²) in [5.41, 5.74) is 0.660. The van der Waals surface area contributed by atoms with Crippen molar-refractivity contribution in [2.45, 2.75) is 40.0 Å². The lowest BCUT2D eigenvalue weighted by atomic mass is 9.71. The van der Waals surface area contributed by atoms with Gasteiger partial charge in [0.05, 0.1) is 0 Å². The SMILES string of the molecule is CCN(CC1CCCC(C)(C)C1=O)c1cccc(F)c1. The van der Waals surface area contributed by atoms with Gasteiger partial charge in [-0.25, -0.2) is 4.39 Å². The highest BCUT2D eigenvalue weighted by Crippen LogP contribution is 2.36. The summed E-state index contributed by atoms with van der Waals surface area (Å²) in [7, 11) is 0. The van der Waals surface area contributed by atoms with E-state index in [-0.39, 0.29) is 17.2 Å². The third-order valence-corrected chi connectivity index (χ3v) is 4.39. The minimum atomic E-state index is -0.226. The van der Waals surface area contributed by atoms with Crippen LogP contribution >= 0.6 is 0 Å². The van der Waals surface area contributed by atoms with Gasteiger partial charge in [-0.1, -0.05) is 26.3 Å². The summed E-state index contributed by atoms with van der Waals surface area (Å²) in [5.74, 6) is 0.205. The molecule has 1 aliphatic carbocycles. The van der Waals surface area contributed by atoms with Gasteiger partial charge in [0.1, 0.15) is 11.6 Å². The Morgan fingerprint density at radius 1 is 1.40 bits per heavy atom. The molecule has 1 aromatic rings. The minimum absolute atomic E-state index is 0.0713. The zero-order chi connectivity index (χ0) is 14.8. The molecule has 2 rings (SSSR count). The molecule has 0 saturated heterocycles. The fourth-order valence-corrected chi connectivity index (χ4v) is 3.13. The Morgan fingerprint density at radius 2 is 2.15 bits per heavy atom. The van der Waals surface area contributed by atoms with Crippen LogP contribution in [0.3, 0.4) is 0 Å². The molecule has 1 atom stereocenters. The van der Waals surface area contributed by atoms with Crippen molar-refractivity contribution in [2.75, 3.05) is 18.0 Å². The number of halogens is 1. The normalized spacial score (nSPS) is 21.8. The zero-order valence-electron chi connectivity index (χ0n) is 12.7. The van der Waals surface area contributed by atoms with Crippen LogP contribution in [-0.2, 0) is 4.79 Å². The van der Waals surface area contributed by atoms with Crippen LogP contribution in [0.1, 0.15) is 40.0 Å². The summed E-state index contributed by atoms with van der Waals surface area (Å²) < 4.78 is 13.3. The highest BCUT2D eigenvalue weighted by atomic mass is 19.1. The summed E-state index contributed by atoms with van der Waals surface area (Å²) in [6, 6.07) is 6.62. The number of carbonyl (C=O) groups excluding carboxylic acids is 1. The van der Waals surface area contributed by atoms with E-state index in [9.17, 15) is 9.18 Å². The lowest BCUT2D eigenvalue weighted by molar-refractivity contribution is -0.133. The van der Waals surface area contributed by atoms with Gasteiger partial charge < -0.3 is 4.90 Å². The first-order valence-corrected chi connectivity index (χ1v) is 7.49. The van der Waals surface area contributed by atoms with Gasteiger partial charge in [-0.15, -0.1) is 0 Å². The average Bonchev–Trinajstić information content (AvgIpc) is 2.40. The molecule has 0 aliphatic heterocycles. The van der Waals surface area contributed by atoms with Gasteiger partial charge in [-0.05, 0) is 38.0 Å². The van der Waals surface area contributed by atoms with E-state index in [0.29, 0.717) is 12.3 Å². The molecule has 1 saturated carbocycles. The van der Waals surface area contributed by atoms with Crippen LogP contribution < -0.4 is 4.90 Å². The minimum Gasteiger partial charge on any atom is -0.371 e. The van der Waals surface area contributed by atoms with Crippen molar-refractivity contribution in [3.05, 3.63) is 30.1 Å². The summed E-state index contributed by atoms with van der Waals surface area (Å²) in [6.07, 6.45) is 3.03.